The summed E-state index contributed by atoms with van der Waals surface area (Å²) in [4.78, 5) is 26.5. The van der Waals surface area contributed by atoms with Gasteiger partial charge in [-0.2, -0.15) is 13.2 Å². The number of sulfonamides is 1. The molecule has 1 unspecified atom stereocenters. The molecule has 1 aliphatic rings. The lowest BCUT2D eigenvalue weighted by atomic mass is 10.1. The summed E-state index contributed by atoms with van der Waals surface area (Å²) >= 11 is 0. The summed E-state index contributed by atoms with van der Waals surface area (Å²) in [7, 11) is -0.899. The fourth-order valence-corrected chi connectivity index (χ4v) is 4.44. The minimum Gasteiger partial charge on any atom is -0.338 e. The zero-order valence-corrected chi connectivity index (χ0v) is 19.1. The van der Waals surface area contributed by atoms with E-state index in [9.17, 15) is 31.2 Å². The first kappa shape index (κ1) is 24.7. The summed E-state index contributed by atoms with van der Waals surface area (Å²) in [5, 5.41) is 2.69. The molecular weight excluding hydrogens is 459 g/mol. The quantitative estimate of drug-likeness (QED) is 0.684. The molecule has 0 radical (unpaired) electrons. The normalized spacial score (nSPS) is 17.0. The van der Waals surface area contributed by atoms with Gasteiger partial charge in [0.2, 0.25) is 21.8 Å². The third-order valence-electron chi connectivity index (χ3n) is 5.46. The summed E-state index contributed by atoms with van der Waals surface area (Å²) in [6, 6.07) is 9.09. The van der Waals surface area contributed by atoms with E-state index in [1.54, 1.807) is 13.0 Å². The molecule has 2 aromatic carbocycles. The number of amides is 2. The first-order valence-corrected chi connectivity index (χ1v) is 11.5. The number of benzene rings is 2. The van der Waals surface area contributed by atoms with Crippen molar-refractivity contribution in [2.24, 2.45) is 5.92 Å². The van der Waals surface area contributed by atoms with Crippen LogP contribution in [0.1, 0.15) is 23.1 Å². The van der Waals surface area contributed by atoms with Gasteiger partial charge >= 0.3 is 6.18 Å². The molecule has 0 bridgehead atoms. The van der Waals surface area contributed by atoms with Crippen molar-refractivity contribution in [2.75, 3.05) is 26.0 Å². The van der Waals surface area contributed by atoms with Crippen molar-refractivity contribution in [3.63, 3.8) is 0 Å². The summed E-state index contributed by atoms with van der Waals surface area (Å²) in [5.41, 5.74) is 0.471. The maximum absolute atomic E-state index is 12.9. The van der Waals surface area contributed by atoms with E-state index in [2.05, 4.69) is 5.32 Å². The Morgan fingerprint density at radius 3 is 2.52 bits per heavy atom. The number of halogens is 3. The van der Waals surface area contributed by atoms with E-state index < -0.39 is 33.6 Å². The summed E-state index contributed by atoms with van der Waals surface area (Å²) in [6.07, 6.45) is -4.57. The summed E-state index contributed by atoms with van der Waals surface area (Å²) < 4.78 is 64.6. The molecule has 1 atom stereocenters. The number of nitrogens with zero attached hydrogens (tertiary/aromatic N) is 2. The second kappa shape index (κ2) is 9.14. The average molecular weight is 484 g/mol. The van der Waals surface area contributed by atoms with Gasteiger partial charge in [0.1, 0.15) is 0 Å². The largest absolute Gasteiger partial charge is 0.416 e. The molecule has 0 aromatic heterocycles. The smallest absolute Gasteiger partial charge is 0.338 e. The molecule has 1 fully saturated rings. The monoisotopic (exact) mass is 483 g/mol. The van der Waals surface area contributed by atoms with Crippen molar-refractivity contribution >= 4 is 27.5 Å². The highest BCUT2D eigenvalue weighted by molar-refractivity contribution is 7.89. The molecule has 178 valence electrons. The minimum absolute atomic E-state index is 0.0158. The highest BCUT2D eigenvalue weighted by Crippen LogP contribution is 2.30. The van der Waals surface area contributed by atoms with Crippen LogP contribution in [0.3, 0.4) is 0 Å². The number of hydrogen-bond acceptors (Lipinski definition) is 4. The first-order chi connectivity index (χ1) is 15.3. The Morgan fingerprint density at radius 2 is 1.88 bits per heavy atom. The molecule has 11 heteroatoms. The minimum atomic E-state index is -4.49. The first-order valence-electron chi connectivity index (χ1n) is 10.1. The third-order valence-corrected chi connectivity index (χ3v) is 7.27. The molecule has 1 saturated heterocycles. The molecule has 33 heavy (non-hydrogen) atoms. The van der Waals surface area contributed by atoms with E-state index in [-0.39, 0.29) is 30.3 Å². The second-order valence-corrected chi connectivity index (χ2v) is 10.3. The molecular formula is C22H24F3N3O4S. The van der Waals surface area contributed by atoms with Crippen LogP contribution in [-0.4, -0.2) is 50.1 Å². The van der Waals surface area contributed by atoms with E-state index in [1.807, 2.05) is 0 Å². The van der Waals surface area contributed by atoms with Gasteiger partial charge in [-0.05, 0) is 42.3 Å². The summed E-state index contributed by atoms with van der Waals surface area (Å²) in [5.74, 6) is -1.51. The van der Waals surface area contributed by atoms with E-state index in [1.165, 1.54) is 43.3 Å². The van der Waals surface area contributed by atoms with E-state index >= 15 is 0 Å². The number of nitrogens with one attached hydrogen (secondary N) is 1. The van der Waals surface area contributed by atoms with Crippen LogP contribution in [0.4, 0.5) is 18.9 Å². The van der Waals surface area contributed by atoms with Crippen LogP contribution < -0.4 is 5.32 Å². The van der Waals surface area contributed by atoms with Gasteiger partial charge in [0.25, 0.3) is 0 Å². The Bertz CT molecular complexity index is 1180. The Morgan fingerprint density at radius 1 is 1.18 bits per heavy atom. The number of carbonyl (C=O) groups excluding carboxylic acids is 2. The topological polar surface area (TPSA) is 86.8 Å². The number of hydrogen-bond donors (Lipinski definition) is 1. The average Bonchev–Trinajstić information content (AvgIpc) is 3.09. The van der Waals surface area contributed by atoms with Crippen LogP contribution >= 0.6 is 0 Å². The van der Waals surface area contributed by atoms with Gasteiger partial charge in [0, 0.05) is 39.3 Å². The van der Waals surface area contributed by atoms with Crippen molar-refractivity contribution in [2.45, 2.75) is 31.0 Å². The van der Waals surface area contributed by atoms with Crippen LogP contribution in [0.15, 0.2) is 47.4 Å². The van der Waals surface area contributed by atoms with Crippen molar-refractivity contribution in [1.82, 2.24) is 9.21 Å². The molecule has 0 spiro atoms. The van der Waals surface area contributed by atoms with Crippen molar-refractivity contribution < 1.29 is 31.2 Å². The zero-order chi connectivity index (χ0) is 24.6. The maximum Gasteiger partial charge on any atom is 0.416 e. The fraction of sp³-hybridized carbons (Fsp3) is 0.364. The third kappa shape index (κ3) is 5.53. The molecule has 0 saturated carbocycles. The van der Waals surface area contributed by atoms with Gasteiger partial charge in [0.15, 0.2) is 0 Å². The Balaban J connectivity index is 1.71. The Labute approximate surface area is 190 Å². The lowest BCUT2D eigenvalue weighted by Gasteiger charge is -2.18. The number of alkyl halides is 3. The van der Waals surface area contributed by atoms with Gasteiger partial charge in [-0.3, -0.25) is 9.59 Å². The van der Waals surface area contributed by atoms with Crippen molar-refractivity contribution in [3.05, 3.63) is 59.2 Å². The van der Waals surface area contributed by atoms with Gasteiger partial charge in [-0.15, -0.1) is 0 Å². The molecule has 1 heterocycles. The fourth-order valence-electron chi connectivity index (χ4n) is 3.51. The molecule has 2 aromatic rings. The van der Waals surface area contributed by atoms with Gasteiger partial charge < -0.3 is 10.2 Å². The number of carbonyl (C=O) groups is 2. The van der Waals surface area contributed by atoms with Gasteiger partial charge in [-0.1, -0.05) is 18.2 Å². The van der Waals surface area contributed by atoms with E-state index in [0.717, 1.165) is 16.4 Å². The predicted octanol–water partition coefficient (Wildman–Crippen LogP) is 3.25. The highest BCUT2D eigenvalue weighted by atomic mass is 32.2. The van der Waals surface area contributed by atoms with Crippen LogP contribution in [0.2, 0.25) is 0 Å². The lowest BCUT2D eigenvalue weighted by molar-refractivity contribution is -0.137. The van der Waals surface area contributed by atoms with Crippen molar-refractivity contribution in [3.8, 4) is 0 Å². The zero-order valence-electron chi connectivity index (χ0n) is 18.3. The molecule has 1 aliphatic heterocycles. The molecule has 0 aliphatic carbocycles. The SMILES string of the molecule is Cc1ccc(S(=O)(=O)N(C)C)cc1NC(=O)C1CC(=O)N(Cc2cccc(C(F)(F)F)c2)C1. The van der Waals surface area contributed by atoms with Crippen LogP contribution in [0.5, 0.6) is 0 Å². The van der Waals surface area contributed by atoms with Gasteiger partial charge in [0.05, 0.1) is 16.4 Å². The highest BCUT2D eigenvalue weighted by Gasteiger charge is 2.35. The van der Waals surface area contributed by atoms with Crippen LogP contribution in [-0.2, 0) is 32.3 Å². The molecule has 2 amide bonds. The van der Waals surface area contributed by atoms with Crippen molar-refractivity contribution in [1.29, 1.82) is 0 Å². The standard InChI is InChI=1S/C22H24F3N3O4S/c1-14-7-8-18(33(31,32)27(2)3)11-19(14)26-21(30)16-10-20(29)28(13-16)12-15-5-4-6-17(9-15)22(23,24)25/h4-9,11,16H,10,12-13H2,1-3H3,(H,26,30). The predicted molar refractivity (Wildman–Crippen MR) is 116 cm³/mol. The number of aryl methyl sites for hydroxylation is 1. The Kier molecular flexibility index (Phi) is 6.85. The van der Waals surface area contributed by atoms with E-state index in [0.29, 0.717) is 16.8 Å². The van der Waals surface area contributed by atoms with Crippen LogP contribution in [0.25, 0.3) is 0 Å². The number of rotatable bonds is 6. The van der Waals surface area contributed by atoms with Crippen LogP contribution in [0, 0.1) is 12.8 Å². The van der Waals surface area contributed by atoms with Gasteiger partial charge in [-0.25, -0.2) is 12.7 Å². The number of likely N-dealkylation sites (tertiary alicyclic amines) is 1. The molecule has 3 rings (SSSR count). The molecule has 1 N–H and O–H groups in total. The summed E-state index contributed by atoms with van der Waals surface area (Å²) in [6.45, 7) is 1.72. The Hall–Kier alpha value is -2.92. The maximum atomic E-state index is 12.9. The number of anilines is 1. The molecule has 7 nitrogen and oxygen atoms in total. The second-order valence-electron chi connectivity index (χ2n) is 8.13. The van der Waals surface area contributed by atoms with E-state index in [4.69, 9.17) is 0 Å². The lowest BCUT2D eigenvalue weighted by Crippen LogP contribution is -2.28.